The van der Waals surface area contributed by atoms with Crippen LogP contribution in [0.4, 0.5) is 4.39 Å². The third-order valence-electron chi connectivity index (χ3n) is 2.11. The summed E-state index contributed by atoms with van der Waals surface area (Å²) in [6, 6.07) is 5.18. The normalized spacial score (nSPS) is 11.2. The first kappa shape index (κ1) is 13.5. The molecule has 0 unspecified atom stereocenters. The van der Waals surface area contributed by atoms with Gasteiger partial charge in [-0.2, -0.15) is 0 Å². The SMILES string of the molecule is CS(=O)(=O)c1ccc(C(=O)CC(=O)CF)cc1. The molecule has 0 bridgehead atoms. The summed E-state index contributed by atoms with van der Waals surface area (Å²) in [7, 11) is -3.31. The number of carbonyl (C=O) groups is 2. The summed E-state index contributed by atoms with van der Waals surface area (Å²) in [5.74, 6) is -1.31. The van der Waals surface area contributed by atoms with Crippen LogP contribution in [-0.2, 0) is 14.6 Å². The van der Waals surface area contributed by atoms with Crippen LogP contribution in [0.25, 0.3) is 0 Å². The highest BCUT2D eigenvalue weighted by molar-refractivity contribution is 7.90. The lowest BCUT2D eigenvalue weighted by atomic mass is 10.1. The fraction of sp³-hybridized carbons (Fsp3) is 0.273. The molecule has 0 heterocycles. The van der Waals surface area contributed by atoms with E-state index in [0.29, 0.717) is 0 Å². The van der Waals surface area contributed by atoms with Crippen LogP contribution in [0.2, 0.25) is 0 Å². The average Bonchev–Trinajstić information content (AvgIpc) is 2.27. The molecule has 0 aliphatic rings. The van der Waals surface area contributed by atoms with Crippen molar-refractivity contribution in [2.75, 3.05) is 12.9 Å². The number of halogens is 1. The molecule has 0 spiro atoms. The first-order valence-corrected chi connectivity index (χ1v) is 6.64. The number of benzene rings is 1. The van der Waals surface area contributed by atoms with Gasteiger partial charge in [-0.15, -0.1) is 0 Å². The molecule has 0 aliphatic carbocycles. The number of sulfone groups is 1. The minimum absolute atomic E-state index is 0.0888. The maximum atomic E-state index is 11.9. The van der Waals surface area contributed by atoms with Crippen molar-refractivity contribution in [2.24, 2.45) is 0 Å². The largest absolute Gasteiger partial charge is 0.296 e. The molecule has 1 aromatic carbocycles. The summed E-state index contributed by atoms with van der Waals surface area (Å²) in [4.78, 5) is 22.3. The van der Waals surface area contributed by atoms with Gasteiger partial charge in [-0.25, -0.2) is 12.8 Å². The van der Waals surface area contributed by atoms with Crippen LogP contribution < -0.4 is 0 Å². The van der Waals surface area contributed by atoms with Gasteiger partial charge in [-0.05, 0) is 12.1 Å². The molecular formula is C11H11FO4S. The van der Waals surface area contributed by atoms with E-state index in [1.54, 1.807) is 0 Å². The van der Waals surface area contributed by atoms with Gasteiger partial charge >= 0.3 is 0 Å². The number of hydrogen-bond acceptors (Lipinski definition) is 4. The lowest BCUT2D eigenvalue weighted by Gasteiger charge is -2.01. The Kier molecular flexibility index (Phi) is 4.11. The topological polar surface area (TPSA) is 68.3 Å². The predicted octanol–water partition coefficient (Wildman–Crippen LogP) is 1.20. The summed E-state index contributed by atoms with van der Waals surface area (Å²) in [5.41, 5.74) is 0.194. The molecule has 0 N–H and O–H groups in total. The third-order valence-corrected chi connectivity index (χ3v) is 3.24. The molecule has 0 atom stereocenters. The Labute approximate surface area is 98.4 Å². The standard InChI is InChI=1S/C11H11FO4S/c1-17(15,16)10-4-2-8(3-5-10)11(14)6-9(13)7-12/h2-5H,6-7H2,1H3. The van der Waals surface area contributed by atoms with Gasteiger partial charge in [-0.1, -0.05) is 12.1 Å². The molecular weight excluding hydrogens is 247 g/mol. The number of rotatable bonds is 5. The maximum Gasteiger partial charge on any atom is 0.175 e. The lowest BCUT2D eigenvalue weighted by Crippen LogP contribution is -2.09. The minimum atomic E-state index is -3.31. The highest BCUT2D eigenvalue weighted by Gasteiger charge is 2.13. The van der Waals surface area contributed by atoms with Crippen molar-refractivity contribution in [3.05, 3.63) is 29.8 Å². The number of carbonyl (C=O) groups excluding carboxylic acids is 2. The first-order valence-electron chi connectivity index (χ1n) is 4.75. The van der Waals surface area contributed by atoms with E-state index < -0.39 is 34.5 Å². The number of hydrogen-bond donors (Lipinski definition) is 0. The second kappa shape index (κ2) is 5.18. The zero-order valence-electron chi connectivity index (χ0n) is 9.14. The summed E-state index contributed by atoms with van der Waals surface area (Å²) < 4.78 is 34.2. The summed E-state index contributed by atoms with van der Waals surface area (Å²) in [5, 5.41) is 0. The summed E-state index contributed by atoms with van der Waals surface area (Å²) in [6.45, 7) is -1.17. The molecule has 0 aliphatic heterocycles. The van der Waals surface area contributed by atoms with Crippen molar-refractivity contribution in [2.45, 2.75) is 11.3 Å². The van der Waals surface area contributed by atoms with Gasteiger partial charge in [0.2, 0.25) is 0 Å². The van der Waals surface area contributed by atoms with Crippen LogP contribution in [-0.4, -0.2) is 32.9 Å². The smallest absolute Gasteiger partial charge is 0.175 e. The highest BCUT2D eigenvalue weighted by atomic mass is 32.2. The van der Waals surface area contributed by atoms with Crippen LogP contribution in [0.15, 0.2) is 29.2 Å². The van der Waals surface area contributed by atoms with Crippen LogP contribution >= 0.6 is 0 Å². The number of alkyl halides is 1. The van der Waals surface area contributed by atoms with Gasteiger partial charge < -0.3 is 0 Å². The van der Waals surface area contributed by atoms with E-state index >= 15 is 0 Å². The van der Waals surface area contributed by atoms with Crippen LogP contribution in [0, 0.1) is 0 Å². The third kappa shape index (κ3) is 3.74. The fourth-order valence-electron chi connectivity index (χ4n) is 1.22. The van der Waals surface area contributed by atoms with Crippen LogP contribution in [0.3, 0.4) is 0 Å². The van der Waals surface area contributed by atoms with E-state index in [9.17, 15) is 22.4 Å². The molecule has 1 rings (SSSR count). The van der Waals surface area contributed by atoms with Crippen molar-refractivity contribution >= 4 is 21.4 Å². The molecule has 92 valence electrons. The molecule has 6 heteroatoms. The zero-order valence-corrected chi connectivity index (χ0v) is 9.96. The highest BCUT2D eigenvalue weighted by Crippen LogP contribution is 2.11. The van der Waals surface area contributed by atoms with Crippen molar-refractivity contribution < 1.29 is 22.4 Å². The molecule has 0 amide bonds. The Balaban J connectivity index is 2.88. The minimum Gasteiger partial charge on any atom is -0.296 e. The van der Waals surface area contributed by atoms with E-state index in [-0.39, 0.29) is 10.5 Å². The lowest BCUT2D eigenvalue weighted by molar-refractivity contribution is -0.119. The van der Waals surface area contributed by atoms with E-state index in [0.717, 1.165) is 6.26 Å². The number of Topliss-reactive ketones (excluding diaryl/α,β-unsaturated/α-hetero) is 2. The Morgan fingerprint density at radius 3 is 2.12 bits per heavy atom. The van der Waals surface area contributed by atoms with E-state index in [4.69, 9.17) is 0 Å². The summed E-state index contributed by atoms with van der Waals surface area (Å²) >= 11 is 0. The van der Waals surface area contributed by atoms with Crippen LogP contribution in [0.1, 0.15) is 16.8 Å². The maximum absolute atomic E-state index is 11.9. The van der Waals surface area contributed by atoms with Gasteiger partial charge in [0.25, 0.3) is 0 Å². The fourth-order valence-corrected chi connectivity index (χ4v) is 1.85. The van der Waals surface area contributed by atoms with Gasteiger partial charge in [-0.3, -0.25) is 9.59 Å². The molecule has 0 saturated heterocycles. The predicted molar refractivity (Wildman–Crippen MR) is 59.5 cm³/mol. The molecule has 4 nitrogen and oxygen atoms in total. The second-order valence-corrected chi connectivity index (χ2v) is 5.58. The molecule has 0 radical (unpaired) electrons. The second-order valence-electron chi connectivity index (χ2n) is 3.57. The van der Waals surface area contributed by atoms with Gasteiger partial charge in [0, 0.05) is 11.8 Å². The van der Waals surface area contributed by atoms with E-state index in [1.165, 1.54) is 24.3 Å². The molecule has 0 fully saturated rings. The van der Waals surface area contributed by atoms with Crippen LogP contribution in [0.5, 0.6) is 0 Å². The average molecular weight is 258 g/mol. The Morgan fingerprint density at radius 1 is 1.18 bits per heavy atom. The van der Waals surface area contributed by atoms with Gasteiger partial charge in [0.1, 0.15) is 6.67 Å². The monoisotopic (exact) mass is 258 g/mol. The Bertz CT molecular complexity index is 531. The van der Waals surface area contributed by atoms with Crippen molar-refractivity contribution in [1.82, 2.24) is 0 Å². The molecule has 1 aromatic rings. The van der Waals surface area contributed by atoms with Crippen molar-refractivity contribution in [3.63, 3.8) is 0 Å². The van der Waals surface area contributed by atoms with Crippen molar-refractivity contribution in [3.8, 4) is 0 Å². The van der Waals surface area contributed by atoms with Crippen molar-refractivity contribution in [1.29, 1.82) is 0 Å². The Hall–Kier alpha value is -1.56. The number of ketones is 2. The van der Waals surface area contributed by atoms with E-state index in [2.05, 4.69) is 0 Å². The zero-order chi connectivity index (χ0) is 13.1. The van der Waals surface area contributed by atoms with E-state index in [1.807, 2.05) is 0 Å². The quantitative estimate of drug-likeness (QED) is 0.588. The first-order chi connectivity index (χ1) is 7.84. The van der Waals surface area contributed by atoms with Gasteiger partial charge in [0.05, 0.1) is 11.3 Å². The summed E-state index contributed by atoms with van der Waals surface area (Å²) in [6.07, 6.45) is 0.547. The Morgan fingerprint density at radius 2 is 1.71 bits per heavy atom. The molecule has 0 aromatic heterocycles. The molecule has 0 saturated carbocycles. The van der Waals surface area contributed by atoms with Gasteiger partial charge in [0.15, 0.2) is 21.4 Å². The molecule has 17 heavy (non-hydrogen) atoms.